The van der Waals surface area contributed by atoms with Crippen molar-refractivity contribution >= 4 is 6.03 Å². The van der Waals surface area contributed by atoms with Crippen molar-refractivity contribution in [3.05, 3.63) is 17.7 Å². The van der Waals surface area contributed by atoms with Crippen molar-refractivity contribution in [1.29, 1.82) is 0 Å². The molecule has 19 heavy (non-hydrogen) atoms. The molecule has 0 fully saturated rings. The topological polar surface area (TPSA) is 50.2 Å². The second kappa shape index (κ2) is 7.16. The predicted octanol–water partition coefficient (Wildman–Crippen LogP) is 2.37. The minimum atomic E-state index is 0.00634. The SMILES string of the molecule is CCN(CC)C(=O)NCCn1cnc(C(C)C)c1C. The van der Waals surface area contributed by atoms with Crippen LogP contribution in [0.1, 0.15) is 45.0 Å². The predicted molar refractivity (Wildman–Crippen MR) is 77.4 cm³/mol. The number of urea groups is 1. The van der Waals surface area contributed by atoms with E-state index in [2.05, 4.69) is 35.6 Å². The molecular formula is C14H26N4O. The minimum absolute atomic E-state index is 0.00634. The van der Waals surface area contributed by atoms with Gasteiger partial charge in [-0.1, -0.05) is 13.8 Å². The van der Waals surface area contributed by atoms with Crippen molar-refractivity contribution in [2.45, 2.75) is 47.1 Å². The standard InChI is InChI=1S/C14H26N4O/c1-6-17(7-2)14(19)15-8-9-18-10-16-13(11(3)4)12(18)5/h10-11H,6-9H2,1-5H3,(H,15,19). The summed E-state index contributed by atoms with van der Waals surface area (Å²) < 4.78 is 2.10. The average Bonchev–Trinajstić information content (AvgIpc) is 2.73. The van der Waals surface area contributed by atoms with E-state index in [0.29, 0.717) is 12.5 Å². The summed E-state index contributed by atoms with van der Waals surface area (Å²) in [5, 5.41) is 2.94. The summed E-state index contributed by atoms with van der Waals surface area (Å²) >= 11 is 0. The molecule has 1 aromatic rings. The van der Waals surface area contributed by atoms with Gasteiger partial charge in [-0.2, -0.15) is 0 Å². The zero-order chi connectivity index (χ0) is 14.4. The molecule has 0 saturated carbocycles. The number of carbonyl (C=O) groups is 1. The lowest BCUT2D eigenvalue weighted by Crippen LogP contribution is -2.40. The van der Waals surface area contributed by atoms with Crippen LogP contribution in [0.25, 0.3) is 0 Å². The number of imidazole rings is 1. The number of aromatic nitrogens is 2. The smallest absolute Gasteiger partial charge is 0.317 e. The van der Waals surface area contributed by atoms with Gasteiger partial charge in [-0.05, 0) is 26.7 Å². The van der Waals surface area contributed by atoms with Crippen molar-refractivity contribution < 1.29 is 4.79 Å². The highest BCUT2D eigenvalue weighted by Gasteiger charge is 2.11. The summed E-state index contributed by atoms with van der Waals surface area (Å²) in [4.78, 5) is 18.0. The quantitative estimate of drug-likeness (QED) is 0.859. The Hall–Kier alpha value is -1.52. The van der Waals surface area contributed by atoms with Crippen LogP contribution in [0, 0.1) is 6.92 Å². The van der Waals surface area contributed by atoms with Crippen molar-refractivity contribution in [1.82, 2.24) is 19.8 Å². The van der Waals surface area contributed by atoms with E-state index in [4.69, 9.17) is 0 Å². The van der Waals surface area contributed by atoms with Gasteiger partial charge in [-0.25, -0.2) is 9.78 Å². The molecule has 0 radical (unpaired) electrons. The number of nitrogens with zero attached hydrogens (tertiary/aromatic N) is 3. The van der Waals surface area contributed by atoms with Gasteiger partial charge in [0, 0.05) is 31.9 Å². The molecular weight excluding hydrogens is 240 g/mol. The third-order valence-electron chi connectivity index (χ3n) is 3.36. The maximum absolute atomic E-state index is 11.8. The van der Waals surface area contributed by atoms with E-state index in [1.807, 2.05) is 20.2 Å². The third kappa shape index (κ3) is 3.98. The number of hydrogen-bond donors (Lipinski definition) is 1. The fraction of sp³-hybridized carbons (Fsp3) is 0.714. The van der Waals surface area contributed by atoms with E-state index in [-0.39, 0.29) is 6.03 Å². The molecule has 0 atom stereocenters. The highest BCUT2D eigenvalue weighted by molar-refractivity contribution is 5.73. The van der Waals surface area contributed by atoms with Crippen LogP contribution >= 0.6 is 0 Å². The Bertz CT molecular complexity index is 408. The zero-order valence-corrected chi connectivity index (χ0v) is 12.7. The Balaban J connectivity index is 2.48. The largest absolute Gasteiger partial charge is 0.336 e. The molecule has 1 rings (SSSR count). The molecule has 5 heteroatoms. The fourth-order valence-corrected chi connectivity index (χ4v) is 2.16. The van der Waals surface area contributed by atoms with Crippen LogP contribution < -0.4 is 5.32 Å². The van der Waals surface area contributed by atoms with Crippen molar-refractivity contribution in [2.24, 2.45) is 0 Å². The molecule has 0 aromatic carbocycles. The molecule has 0 aliphatic rings. The van der Waals surface area contributed by atoms with Crippen LogP contribution in [-0.4, -0.2) is 40.1 Å². The van der Waals surface area contributed by atoms with Crippen LogP contribution in [0.3, 0.4) is 0 Å². The zero-order valence-electron chi connectivity index (χ0n) is 12.7. The molecule has 1 heterocycles. The number of nitrogens with one attached hydrogen (secondary N) is 1. The lowest BCUT2D eigenvalue weighted by atomic mass is 10.1. The van der Waals surface area contributed by atoms with Gasteiger partial charge < -0.3 is 14.8 Å². The van der Waals surface area contributed by atoms with Gasteiger partial charge >= 0.3 is 6.03 Å². The molecule has 1 aromatic heterocycles. The summed E-state index contributed by atoms with van der Waals surface area (Å²) in [6.07, 6.45) is 1.86. The van der Waals surface area contributed by atoms with E-state index in [1.54, 1.807) is 4.90 Å². The van der Waals surface area contributed by atoms with Gasteiger partial charge in [-0.3, -0.25) is 0 Å². The van der Waals surface area contributed by atoms with E-state index < -0.39 is 0 Å². The summed E-state index contributed by atoms with van der Waals surface area (Å²) in [5.74, 6) is 0.437. The summed E-state index contributed by atoms with van der Waals surface area (Å²) in [6, 6.07) is 0.00634. The first-order valence-corrected chi connectivity index (χ1v) is 7.05. The highest BCUT2D eigenvalue weighted by atomic mass is 16.2. The first-order chi connectivity index (χ1) is 9.01. The van der Waals surface area contributed by atoms with Gasteiger partial charge in [0.25, 0.3) is 0 Å². The van der Waals surface area contributed by atoms with E-state index in [0.717, 1.165) is 25.3 Å². The minimum Gasteiger partial charge on any atom is -0.336 e. The Morgan fingerprint density at radius 3 is 2.53 bits per heavy atom. The maximum atomic E-state index is 11.8. The van der Waals surface area contributed by atoms with Gasteiger partial charge in [0.15, 0.2) is 0 Å². The van der Waals surface area contributed by atoms with Crippen LogP contribution in [0.15, 0.2) is 6.33 Å². The summed E-state index contributed by atoms with van der Waals surface area (Å²) in [6.45, 7) is 13.2. The molecule has 0 aliphatic carbocycles. The van der Waals surface area contributed by atoms with E-state index >= 15 is 0 Å². The van der Waals surface area contributed by atoms with Crippen molar-refractivity contribution in [3.8, 4) is 0 Å². The van der Waals surface area contributed by atoms with Crippen molar-refractivity contribution in [2.75, 3.05) is 19.6 Å². The monoisotopic (exact) mass is 266 g/mol. The third-order valence-corrected chi connectivity index (χ3v) is 3.36. The van der Waals surface area contributed by atoms with Crippen LogP contribution in [-0.2, 0) is 6.54 Å². The number of carbonyl (C=O) groups excluding carboxylic acids is 1. The second-order valence-electron chi connectivity index (χ2n) is 4.97. The van der Waals surface area contributed by atoms with Gasteiger partial charge in [0.2, 0.25) is 0 Å². The van der Waals surface area contributed by atoms with Gasteiger partial charge in [-0.15, -0.1) is 0 Å². The molecule has 0 unspecified atom stereocenters. The van der Waals surface area contributed by atoms with E-state index in [9.17, 15) is 4.79 Å². The van der Waals surface area contributed by atoms with Gasteiger partial charge in [0.05, 0.1) is 12.0 Å². The summed E-state index contributed by atoms with van der Waals surface area (Å²) in [7, 11) is 0. The van der Waals surface area contributed by atoms with Crippen LogP contribution in [0.4, 0.5) is 4.79 Å². The molecule has 0 saturated heterocycles. The Morgan fingerprint density at radius 1 is 1.42 bits per heavy atom. The molecule has 0 aliphatic heterocycles. The van der Waals surface area contributed by atoms with Crippen LogP contribution in [0.2, 0.25) is 0 Å². The Kier molecular flexibility index (Phi) is 5.86. The first kappa shape index (κ1) is 15.5. The molecule has 2 amide bonds. The maximum Gasteiger partial charge on any atom is 0.317 e. The van der Waals surface area contributed by atoms with E-state index in [1.165, 1.54) is 5.69 Å². The molecule has 108 valence electrons. The molecule has 0 bridgehead atoms. The lowest BCUT2D eigenvalue weighted by molar-refractivity contribution is 0.203. The fourth-order valence-electron chi connectivity index (χ4n) is 2.16. The van der Waals surface area contributed by atoms with Gasteiger partial charge in [0.1, 0.15) is 0 Å². The Morgan fingerprint density at radius 2 is 2.05 bits per heavy atom. The number of hydrogen-bond acceptors (Lipinski definition) is 2. The number of amides is 2. The molecule has 1 N–H and O–H groups in total. The molecule has 0 spiro atoms. The average molecular weight is 266 g/mol. The Labute approximate surface area is 116 Å². The normalized spacial score (nSPS) is 10.8. The second-order valence-corrected chi connectivity index (χ2v) is 4.97. The summed E-state index contributed by atoms with van der Waals surface area (Å²) in [5.41, 5.74) is 2.32. The molecule has 5 nitrogen and oxygen atoms in total. The van der Waals surface area contributed by atoms with Crippen LogP contribution in [0.5, 0.6) is 0 Å². The lowest BCUT2D eigenvalue weighted by Gasteiger charge is -2.19. The number of rotatable bonds is 6. The first-order valence-electron chi connectivity index (χ1n) is 7.05. The highest BCUT2D eigenvalue weighted by Crippen LogP contribution is 2.16. The van der Waals surface area contributed by atoms with Crippen molar-refractivity contribution in [3.63, 3.8) is 0 Å².